The lowest BCUT2D eigenvalue weighted by atomic mass is 10.1. The van der Waals surface area contributed by atoms with Gasteiger partial charge in [-0.2, -0.15) is 9.78 Å². The summed E-state index contributed by atoms with van der Waals surface area (Å²) < 4.78 is 1.79. The fourth-order valence-corrected chi connectivity index (χ4v) is 3.57. The molecule has 0 amide bonds. The minimum Gasteiger partial charge on any atom is -0.222 e. The molecule has 0 atom stereocenters. The van der Waals surface area contributed by atoms with E-state index in [0.717, 1.165) is 27.3 Å². The Labute approximate surface area is 143 Å². The number of fused-ring (bicyclic) bond motifs is 3. The number of rotatable bonds is 3. The maximum atomic E-state index is 9.23. The van der Waals surface area contributed by atoms with Crippen LogP contribution in [0.3, 0.4) is 0 Å². The van der Waals surface area contributed by atoms with Gasteiger partial charge in [0.15, 0.2) is 10.8 Å². The molecule has 2 aromatic heterocycles. The molecule has 0 aliphatic rings. The van der Waals surface area contributed by atoms with Crippen molar-refractivity contribution in [3.63, 3.8) is 0 Å². The summed E-state index contributed by atoms with van der Waals surface area (Å²) in [5.74, 6) is 1.37. The van der Waals surface area contributed by atoms with E-state index >= 15 is 0 Å². The first-order chi connectivity index (χ1) is 11.8. The van der Waals surface area contributed by atoms with Crippen LogP contribution < -0.4 is 0 Å². The van der Waals surface area contributed by atoms with E-state index in [9.17, 15) is 5.26 Å². The van der Waals surface area contributed by atoms with E-state index in [4.69, 9.17) is 4.98 Å². The quantitative estimate of drug-likeness (QED) is 0.422. The van der Waals surface area contributed by atoms with Crippen LogP contribution >= 0.6 is 11.8 Å². The highest BCUT2D eigenvalue weighted by atomic mass is 32.2. The number of aromatic nitrogens is 4. The van der Waals surface area contributed by atoms with Gasteiger partial charge in [-0.1, -0.05) is 42.1 Å². The van der Waals surface area contributed by atoms with Crippen LogP contribution in [-0.4, -0.2) is 19.6 Å². The van der Waals surface area contributed by atoms with Gasteiger partial charge >= 0.3 is 0 Å². The van der Waals surface area contributed by atoms with Crippen molar-refractivity contribution >= 4 is 28.3 Å². The van der Waals surface area contributed by atoms with Gasteiger partial charge in [0.25, 0.3) is 0 Å². The minimum atomic E-state index is 0.656. The third-order valence-electron chi connectivity index (χ3n) is 3.75. The predicted octanol–water partition coefficient (Wildman–Crippen LogP) is 3.75. The Bertz CT molecular complexity index is 1090. The van der Waals surface area contributed by atoms with Gasteiger partial charge in [-0.25, -0.2) is 9.97 Å². The number of hydrogen-bond donors (Lipinski definition) is 0. The van der Waals surface area contributed by atoms with Crippen LogP contribution in [0.4, 0.5) is 0 Å². The van der Waals surface area contributed by atoms with E-state index in [1.54, 1.807) is 16.3 Å². The topological polar surface area (TPSA) is 66.9 Å². The highest BCUT2D eigenvalue weighted by Gasteiger charge is 2.13. The fourth-order valence-electron chi connectivity index (χ4n) is 2.62. The van der Waals surface area contributed by atoms with Crippen LogP contribution in [-0.2, 0) is 5.75 Å². The number of hydrogen-bond acceptors (Lipinski definition) is 5. The number of nitrogens with zero attached hydrogens (tertiary/aromatic N) is 5. The van der Waals surface area contributed by atoms with Gasteiger partial charge < -0.3 is 0 Å². The van der Waals surface area contributed by atoms with Crippen molar-refractivity contribution in [2.24, 2.45) is 0 Å². The standard InChI is InChI=1S/C18H13N5S/c1-12-20-17-15-8-4-5-9-16(15)21-18(23(17)22-12)24-11-14-7-3-2-6-13(14)10-19/h2-9H,11H2,1H3. The molecule has 6 heteroatoms. The van der Waals surface area contributed by atoms with Gasteiger partial charge in [-0.05, 0) is 30.7 Å². The van der Waals surface area contributed by atoms with E-state index in [0.29, 0.717) is 17.1 Å². The van der Waals surface area contributed by atoms with Crippen molar-refractivity contribution in [3.05, 3.63) is 65.5 Å². The van der Waals surface area contributed by atoms with Gasteiger partial charge in [0, 0.05) is 11.1 Å². The van der Waals surface area contributed by atoms with Crippen LogP contribution in [0.1, 0.15) is 17.0 Å². The zero-order valence-corrected chi connectivity index (χ0v) is 13.8. The Hall–Kier alpha value is -2.91. The van der Waals surface area contributed by atoms with Crippen molar-refractivity contribution in [3.8, 4) is 6.07 Å². The zero-order chi connectivity index (χ0) is 16.5. The molecular formula is C18H13N5S. The molecule has 0 N–H and O–H groups in total. The Morgan fingerprint density at radius 1 is 1.08 bits per heavy atom. The number of nitriles is 1. The molecule has 4 aromatic rings. The van der Waals surface area contributed by atoms with E-state index < -0.39 is 0 Å². The van der Waals surface area contributed by atoms with E-state index in [1.807, 2.05) is 55.5 Å². The normalized spacial score (nSPS) is 11.0. The molecular weight excluding hydrogens is 318 g/mol. The predicted molar refractivity (Wildman–Crippen MR) is 93.7 cm³/mol. The summed E-state index contributed by atoms with van der Waals surface area (Å²) in [5.41, 5.74) is 3.39. The smallest absolute Gasteiger partial charge is 0.191 e. The Morgan fingerprint density at radius 3 is 2.75 bits per heavy atom. The molecule has 116 valence electrons. The summed E-state index contributed by atoms with van der Waals surface area (Å²) in [5, 5.41) is 15.5. The van der Waals surface area contributed by atoms with Crippen LogP contribution in [0.25, 0.3) is 16.6 Å². The van der Waals surface area contributed by atoms with Gasteiger partial charge in [0.1, 0.15) is 5.82 Å². The van der Waals surface area contributed by atoms with E-state index in [1.165, 1.54) is 0 Å². The summed E-state index contributed by atoms with van der Waals surface area (Å²) in [6.45, 7) is 1.88. The molecule has 2 aromatic carbocycles. The average molecular weight is 331 g/mol. The van der Waals surface area contributed by atoms with Crippen LogP contribution in [0.5, 0.6) is 0 Å². The summed E-state index contributed by atoms with van der Waals surface area (Å²) in [6.07, 6.45) is 0. The molecule has 0 spiro atoms. The number of para-hydroxylation sites is 1. The largest absolute Gasteiger partial charge is 0.222 e. The first kappa shape index (κ1) is 14.7. The average Bonchev–Trinajstić information content (AvgIpc) is 3.02. The maximum Gasteiger partial charge on any atom is 0.191 e. The highest BCUT2D eigenvalue weighted by Crippen LogP contribution is 2.27. The van der Waals surface area contributed by atoms with Crippen LogP contribution in [0, 0.1) is 18.3 Å². The molecule has 2 heterocycles. The van der Waals surface area contributed by atoms with Gasteiger partial charge in [-0.15, -0.1) is 5.10 Å². The second-order valence-electron chi connectivity index (χ2n) is 5.36. The summed E-state index contributed by atoms with van der Waals surface area (Å²) in [6, 6.07) is 17.8. The monoisotopic (exact) mass is 331 g/mol. The molecule has 0 aliphatic heterocycles. The molecule has 0 aliphatic carbocycles. The molecule has 0 fully saturated rings. The Morgan fingerprint density at radius 2 is 1.88 bits per heavy atom. The molecule has 0 saturated heterocycles. The molecule has 0 bridgehead atoms. The molecule has 5 nitrogen and oxygen atoms in total. The zero-order valence-electron chi connectivity index (χ0n) is 13.0. The van der Waals surface area contributed by atoms with Crippen molar-refractivity contribution in [1.29, 1.82) is 5.26 Å². The van der Waals surface area contributed by atoms with Gasteiger partial charge in [0.05, 0.1) is 17.1 Å². The third kappa shape index (κ3) is 2.49. The first-order valence-electron chi connectivity index (χ1n) is 7.49. The van der Waals surface area contributed by atoms with Gasteiger partial charge in [0.2, 0.25) is 0 Å². The van der Waals surface area contributed by atoms with Crippen LogP contribution in [0.15, 0.2) is 53.7 Å². The maximum absolute atomic E-state index is 9.23. The molecule has 4 rings (SSSR count). The first-order valence-corrected chi connectivity index (χ1v) is 8.48. The summed E-state index contributed by atoms with van der Waals surface area (Å²) >= 11 is 1.56. The number of benzene rings is 2. The Balaban J connectivity index is 1.79. The Kier molecular flexibility index (Phi) is 3.63. The lowest BCUT2D eigenvalue weighted by molar-refractivity contribution is 0.797. The summed E-state index contributed by atoms with van der Waals surface area (Å²) in [4.78, 5) is 9.26. The lowest BCUT2D eigenvalue weighted by Gasteiger charge is -2.07. The highest BCUT2D eigenvalue weighted by molar-refractivity contribution is 7.98. The molecule has 0 unspecified atom stereocenters. The molecule has 0 saturated carbocycles. The lowest BCUT2D eigenvalue weighted by Crippen LogP contribution is -1.99. The third-order valence-corrected chi connectivity index (χ3v) is 4.73. The molecule has 0 radical (unpaired) electrons. The second kappa shape index (κ2) is 5.95. The van der Waals surface area contributed by atoms with Crippen molar-refractivity contribution < 1.29 is 0 Å². The van der Waals surface area contributed by atoms with Crippen molar-refractivity contribution in [2.75, 3.05) is 0 Å². The minimum absolute atomic E-state index is 0.656. The van der Waals surface area contributed by atoms with E-state index in [-0.39, 0.29) is 0 Å². The number of thioether (sulfide) groups is 1. The fraction of sp³-hybridized carbons (Fsp3) is 0.111. The van der Waals surface area contributed by atoms with Crippen LogP contribution in [0.2, 0.25) is 0 Å². The van der Waals surface area contributed by atoms with Gasteiger partial charge in [-0.3, -0.25) is 0 Å². The second-order valence-corrected chi connectivity index (χ2v) is 6.31. The SMILES string of the molecule is Cc1nc2c3ccccc3nc(SCc3ccccc3C#N)n2n1. The van der Waals surface area contributed by atoms with Crippen molar-refractivity contribution in [2.45, 2.75) is 17.8 Å². The number of aryl methyl sites for hydroxylation is 1. The van der Waals surface area contributed by atoms with Crippen molar-refractivity contribution in [1.82, 2.24) is 19.6 Å². The molecule has 24 heavy (non-hydrogen) atoms. The summed E-state index contributed by atoms with van der Waals surface area (Å²) in [7, 11) is 0. The van der Waals surface area contributed by atoms with E-state index in [2.05, 4.69) is 16.2 Å².